The molecule has 3 rings (SSSR count). The molecule has 0 spiro atoms. The zero-order valence-electron chi connectivity index (χ0n) is 17.0. The second-order valence-corrected chi connectivity index (χ2v) is 7.06. The van der Waals surface area contributed by atoms with Crippen LogP contribution in [0.2, 0.25) is 0 Å². The van der Waals surface area contributed by atoms with E-state index in [2.05, 4.69) is 95.0 Å². The third-order valence-corrected chi connectivity index (χ3v) is 4.43. The van der Waals surface area contributed by atoms with E-state index in [4.69, 9.17) is 0 Å². The van der Waals surface area contributed by atoms with Crippen LogP contribution in [-0.2, 0) is 6.42 Å². The highest BCUT2D eigenvalue weighted by Crippen LogP contribution is 2.27. The normalized spacial score (nSPS) is 12.1. The van der Waals surface area contributed by atoms with Crippen molar-refractivity contribution in [3.8, 4) is 0 Å². The maximum absolute atomic E-state index is 3.57. The number of aryl methyl sites for hydroxylation is 3. The molecule has 0 N–H and O–H groups in total. The van der Waals surface area contributed by atoms with E-state index >= 15 is 0 Å². The van der Waals surface area contributed by atoms with Crippen LogP contribution >= 0.6 is 0 Å². The van der Waals surface area contributed by atoms with Crippen molar-refractivity contribution >= 4 is 11.1 Å². The summed E-state index contributed by atoms with van der Waals surface area (Å²) in [7, 11) is 0. The first-order valence-electron chi connectivity index (χ1n) is 9.91. The van der Waals surface area contributed by atoms with Gasteiger partial charge in [-0.3, -0.25) is 0 Å². The summed E-state index contributed by atoms with van der Waals surface area (Å²) >= 11 is 0. The van der Waals surface area contributed by atoms with Gasteiger partial charge in [-0.1, -0.05) is 86.9 Å². The first-order chi connectivity index (χ1) is 12.6. The Bertz CT molecular complexity index is 807. The molecule has 0 saturated heterocycles. The second-order valence-electron chi connectivity index (χ2n) is 7.06. The first kappa shape index (κ1) is 20.0. The lowest BCUT2D eigenvalue weighted by Gasteiger charge is -2.14. The van der Waals surface area contributed by atoms with Gasteiger partial charge in [-0.05, 0) is 61.4 Å². The number of allylic oxidation sites excluding steroid dienone is 3. The smallest absolute Gasteiger partial charge is 0.000971 e. The van der Waals surface area contributed by atoms with Crippen LogP contribution in [0.5, 0.6) is 0 Å². The number of fused-ring (bicyclic) bond motifs is 1. The van der Waals surface area contributed by atoms with E-state index in [9.17, 15) is 0 Å². The summed E-state index contributed by atoms with van der Waals surface area (Å²) in [5, 5.41) is 0. The highest BCUT2D eigenvalue weighted by Gasteiger charge is 2.09. The minimum Gasteiger partial charge on any atom is -0.116 e. The Morgan fingerprint density at radius 2 is 1.65 bits per heavy atom. The van der Waals surface area contributed by atoms with E-state index in [0.717, 1.165) is 19.3 Å². The van der Waals surface area contributed by atoms with Crippen LogP contribution in [0.15, 0.2) is 60.3 Å². The monoisotopic (exact) mass is 344 g/mol. The summed E-state index contributed by atoms with van der Waals surface area (Å²) in [6.07, 6.45) is 9.03. The molecule has 0 radical (unpaired) electrons. The molecule has 0 fully saturated rings. The van der Waals surface area contributed by atoms with E-state index < -0.39 is 0 Å². The van der Waals surface area contributed by atoms with Crippen LogP contribution in [0.1, 0.15) is 67.9 Å². The Hall–Kier alpha value is -2.30. The van der Waals surface area contributed by atoms with Gasteiger partial charge in [-0.2, -0.15) is 0 Å². The van der Waals surface area contributed by atoms with Crippen molar-refractivity contribution in [1.29, 1.82) is 0 Å². The Balaban J connectivity index is 0.000000758. The number of benzene rings is 2. The van der Waals surface area contributed by atoms with Crippen molar-refractivity contribution in [2.75, 3.05) is 0 Å². The van der Waals surface area contributed by atoms with Gasteiger partial charge < -0.3 is 0 Å². The molecule has 2 aromatic rings. The fourth-order valence-corrected chi connectivity index (χ4v) is 3.35. The summed E-state index contributed by atoms with van der Waals surface area (Å²) in [5.41, 5.74) is 12.9. The summed E-state index contributed by atoms with van der Waals surface area (Å²) in [6, 6.07) is 15.5. The highest BCUT2D eigenvalue weighted by atomic mass is 14.1. The molecule has 0 nitrogen and oxygen atoms in total. The highest BCUT2D eigenvalue weighted by molar-refractivity contribution is 5.79. The minimum absolute atomic E-state index is 0.994. The molecule has 0 saturated carbocycles. The van der Waals surface area contributed by atoms with Crippen molar-refractivity contribution in [2.24, 2.45) is 0 Å². The molecule has 2 aromatic carbocycles. The van der Waals surface area contributed by atoms with E-state index in [-0.39, 0.29) is 0 Å². The van der Waals surface area contributed by atoms with E-state index in [0.29, 0.717) is 0 Å². The largest absolute Gasteiger partial charge is 0.116 e. The van der Waals surface area contributed by atoms with Crippen LogP contribution in [0.3, 0.4) is 0 Å². The lowest BCUT2D eigenvalue weighted by atomic mass is 9.90. The lowest BCUT2D eigenvalue weighted by molar-refractivity contribution is 0.979. The number of rotatable bonds is 3. The van der Waals surface area contributed by atoms with E-state index in [1.54, 1.807) is 0 Å². The van der Waals surface area contributed by atoms with Gasteiger partial charge in [0.1, 0.15) is 0 Å². The minimum atomic E-state index is 0.994. The lowest BCUT2D eigenvalue weighted by Crippen LogP contribution is -1.97. The molecule has 0 heterocycles. The molecular formula is C26H32. The van der Waals surface area contributed by atoms with E-state index in [1.165, 1.54) is 45.4 Å². The van der Waals surface area contributed by atoms with Gasteiger partial charge in [-0.25, -0.2) is 0 Å². The number of hydrogen-bond donors (Lipinski definition) is 0. The van der Waals surface area contributed by atoms with Crippen molar-refractivity contribution in [1.82, 2.24) is 0 Å². The van der Waals surface area contributed by atoms with Crippen molar-refractivity contribution in [2.45, 2.75) is 60.3 Å². The van der Waals surface area contributed by atoms with Crippen molar-refractivity contribution in [3.63, 3.8) is 0 Å². The third-order valence-electron chi connectivity index (χ3n) is 4.43. The van der Waals surface area contributed by atoms with Gasteiger partial charge in [0.25, 0.3) is 0 Å². The summed E-state index contributed by atoms with van der Waals surface area (Å²) in [4.78, 5) is 0. The topological polar surface area (TPSA) is 0 Å². The molecule has 0 heteroatoms. The summed E-state index contributed by atoms with van der Waals surface area (Å²) < 4.78 is 0. The van der Waals surface area contributed by atoms with Crippen LogP contribution in [0.25, 0.3) is 11.1 Å². The summed E-state index contributed by atoms with van der Waals surface area (Å²) in [5.74, 6) is 0. The first-order valence-corrected chi connectivity index (χ1v) is 9.91. The van der Waals surface area contributed by atoms with Gasteiger partial charge in [-0.15, -0.1) is 5.73 Å². The molecule has 0 bridgehead atoms. The molecular weight excluding hydrogens is 312 g/mol. The van der Waals surface area contributed by atoms with Crippen LogP contribution in [0, 0.1) is 13.8 Å². The van der Waals surface area contributed by atoms with Crippen molar-refractivity contribution in [3.05, 3.63) is 88.2 Å². The second kappa shape index (κ2) is 10.00. The fraction of sp³-hybridized carbons (Fsp3) is 0.346. The van der Waals surface area contributed by atoms with Gasteiger partial charge in [0, 0.05) is 5.57 Å². The molecule has 0 unspecified atom stereocenters. The molecule has 1 aliphatic carbocycles. The Morgan fingerprint density at radius 3 is 2.31 bits per heavy atom. The Morgan fingerprint density at radius 1 is 1.00 bits per heavy atom. The molecule has 136 valence electrons. The Labute approximate surface area is 160 Å². The molecule has 0 aromatic heterocycles. The summed E-state index contributed by atoms with van der Waals surface area (Å²) in [6.45, 7) is 10.8. The van der Waals surface area contributed by atoms with Gasteiger partial charge >= 0.3 is 0 Å². The predicted molar refractivity (Wildman–Crippen MR) is 116 cm³/mol. The zero-order valence-corrected chi connectivity index (χ0v) is 17.0. The number of hydrogen-bond acceptors (Lipinski definition) is 0. The van der Waals surface area contributed by atoms with E-state index in [1.807, 2.05) is 0 Å². The fourth-order valence-electron chi connectivity index (χ4n) is 3.35. The van der Waals surface area contributed by atoms with Gasteiger partial charge in [0.05, 0.1) is 0 Å². The molecule has 0 aliphatic heterocycles. The molecule has 0 amide bonds. The van der Waals surface area contributed by atoms with Crippen LogP contribution in [0.4, 0.5) is 0 Å². The van der Waals surface area contributed by atoms with Crippen LogP contribution in [-0.4, -0.2) is 0 Å². The Kier molecular flexibility index (Phi) is 7.70. The maximum Gasteiger partial charge on any atom is 0.000971 e. The van der Waals surface area contributed by atoms with Crippen LogP contribution < -0.4 is 0 Å². The molecule has 26 heavy (non-hydrogen) atoms. The third kappa shape index (κ3) is 5.35. The van der Waals surface area contributed by atoms with Gasteiger partial charge in [0.15, 0.2) is 0 Å². The average Bonchev–Trinajstić information content (AvgIpc) is 2.62. The zero-order chi connectivity index (χ0) is 18.9. The average molecular weight is 345 g/mol. The van der Waals surface area contributed by atoms with Crippen molar-refractivity contribution < 1.29 is 0 Å². The molecule has 0 atom stereocenters. The van der Waals surface area contributed by atoms with Gasteiger partial charge in [0.2, 0.25) is 0 Å². The molecule has 1 aliphatic rings. The quantitative estimate of drug-likeness (QED) is 0.500. The predicted octanol–water partition coefficient (Wildman–Crippen LogP) is 7.70. The SMILES string of the molecule is CCC.CCC(=C=CC1=CCCc2ccccc21)c1cc(C)cc(C)c1. The maximum atomic E-state index is 3.57. The standard InChI is InChI=1S/C23H24.C3H8/c1-4-19(22-15-17(2)14-18(3)16-22)12-13-21-10-7-9-20-8-5-6-11-23(20)21;1-3-2/h5-6,8,10-11,13-16H,4,7,9H2,1-3H3;3H2,1-2H3.